The highest BCUT2D eigenvalue weighted by Gasteiger charge is 2.12. The molecule has 0 amide bonds. The van der Waals surface area contributed by atoms with Gasteiger partial charge in [-0.3, -0.25) is 0 Å². The van der Waals surface area contributed by atoms with E-state index in [1.807, 2.05) is 12.1 Å². The van der Waals surface area contributed by atoms with Gasteiger partial charge in [-0.1, -0.05) is 26.0 Å². The third kappa shape index (κ3) is 2.86. The Bertz CT molecular complexity index is 325. The highest BCUT2D eigenvalue weighted by molar-refractivity contribution is 6.18. The predicted molar refractivity (Wildman–Crippen MR) is 64.7 cm³/mol. The summed E-state index contributed by atoms with van der Waals surface area (Å²) in [6.07, 6.45) is 0. The van der Waals surface area contributed by atoms with Crippen LogP contribution in [-0.4, -0.2) is 13.0 Å². The van der Waals surface area contributed by atoms with Crippen LogP contribution in [0.2, 0.25) is 0 Å². The molecule has 1 unspecified atom stereocenters. The van der Waals surface area contributed by atoms with E-state index < -0.39 is 0 Å². The number of hydrogen-bond donors (Lipinski definition) is 1. The minimum atomic E-state index is -0.164. The number of hydrogen-bond acceptors (Lipinski definition) is 2. The van der Waals surface area contributed by atoms with E-state index in [1.165, 1.54) is 5.56 Å². The molecule has 1 aromatic carbocycles. The Morgan fingerprint density at radius 1 is 1.40 bits per heavy atom. The van der Waals surface area contributed by atoms with Gasteiger partial charge in [0.05, 0.1) is 7.11 Å². The third-order valence-electron chi connectivity index (χ3n) is 2.49. The highest BCUT2D eigenvalue weighted by Crippen LogP contribution is 2.28. The van der Waals surface area contributed by atoms with Crippen LogP contribution < -0.4 is 10.5 Å². The van der Waals surface area contributed by atoms with E-state index >= 15 is 0 Å². The van der Waals surface area contributed by atoms with Crippen LogP contribution in [0, 0.1) is 0 Å². The molecule has 0 aromatic heterocycles. The number of benzene rings is 1. The molecule has 1 atom stereocenters. The fraction of sp³-hybridized carbons (Fsp3) is 0.500. The first kappa shape index (κ1) is 12.3. The minimum absolute atomic E-state index is 0.164. The topological polar surface area (TPSA) is 35.2 Å². The highest BCUT2D eigenvalue weighted by atomic mass is 35.5. The predicted octanol–water partition coefficient (Wildman–Crippen LogP) is 3.06. The van der Waals surface area contributed by atoms with Crippen molar-refractivity contribution >= 4 is 11.6 Å². The van der Waals surface area contributed by atoms with Crippen LogP contribution in [0.25, 0.3) is 0 Å². The van der Waals surface area contributed by atoms with Gasteiger partial charge < -0.3 is 10.5 Å². The van der Waals surface area contributed by atoms with Crippen molar-refractivity contribution in [3.05, 3.63) is 29.3 Å². The molecule has 0 saturated heterocycles. The minimum Gasteiger partial charge on any atom is -0.496 e. The Labute approximate surface area is 96.4 Å². The Kier molecular flexibility index (Phi) is 4.43. The Morgan fingerprint density at radius 2 is 2.07 bits per heavy atom. The molecule has 1 aromatic rings. The lowest BCUT2D eigenvalue weighted by atomic mass is 9.99. The molecule has 0 heterocycles. The number of rotatable bonds is 4. The second-order valence-corrected chi connectivity index (χ2v) is 4.23. The summed E-state index contributed by atoms with van der Waals surface area (Å²) in [6.45, 7) is 4.30. The maximum absolute atomic E-state index is 5.88. The summed E-state index contributed by atoms with van der Waals surface area (Å²) < 4.78 is 5.32. The number of methoxy groups -OCH3 is 1. The van der Waals surface area contributed by atoms with E-state index in [0.29, 0.717) is 11.8 Å². The second kappa shape index (κ2) is 5.38. The van der Waals surface area contributed by atoms with Crippen molar-refractivity contribution in [3.63, 3.8) is 0 Å². The summed E-state index contributed by atoms with van der Waals surface area (Å²) in [4.78, 5) is 0. The molecule has 0 saturated carbocycles. The molecule has 0 fully saturated rings. The van der Waals surface area contributed by atoms with Gasteiger partial charge >= 0.3 is 0 Å². The maximum Gasteiger partial charge on any atom is 0.123 e. The summed E-state index contributed by atoms with van der Waals surface area (Å²) in [5, 5.41) is 0. The van der Waals surface area contributed by atoms with Crippen LogP contribution in [0.1, 0.15) is 36.9 Å². The van der Waals surface area contributed by atoms with Crippen LogP contribution >= 0.6 is 11.6 Å². The van der Waals surface area contributed by atoms with Crippen molar-refractivity contribution < 1.29 is 4.74 Å². The van der Waals surface area contributed by atoms with Crippen LogP contribution in [0.4, 0.5) is 0 Å². The first-order valence-electron chi connectivity index (χ1n) is 5.09. The van der Waals surface area contributed by atoms with Crippen molar-refractivity contribution in [1.82, 2.24) is 0 Å². The average Bonchev–Trinajstić information content (AvgIpc) is 2.27. The lowest BCUT2D eigenvalue weighted by Gasteiger charge is -2.15. The lowest BCUT2D eigenvalue weighted by molar-refractivity contribution is 0.406. The summed E-state index contributed by atoms with van der Waals surface area (Å²) >= 11 is 5.74. The number of nitrogens with two attached hydrogens (primary N) is 1. The van der Waals surface area contributed by atoms with Crippen molar-refractivity contribution in [2.24, 2.45) is 5.73 Å². The van der Waals surface area contributed by atoms with E-state index in [4.69, 9.17) is 22.1 Å². The number of alkyl halides is 1. The zero-order valence-corrected chi connectivity index (χ0v) is 10.2. The van der Waals surface area contributed by atoms with Crippen molar-refractivity contribution in [1.29, 1.82) is 0 Å². The van der Waals surface area contributed by atoms with Gasteiger partial charge in [0, 0.05) is 17.5 Å². The van der Waals surface area contributed by atoms with Gasteiger partial charge in [0.25, 0.3) is 0 Å². The summed E-state index contributed by atoms with van der Waals surface area (Å²) in [7, 11) is 1.66. The van der Waals surface area contributed by atoms with Crippen LogP contribution in [0.5, 0.6) is 5.75 Å². The van der Waals surface area contributed by atoms with Gasteiger partial charge in [-0.2, -0.15) is 0 Å². The van der Waals surface area contributed by atoms with E-state index in [-0.39, 0.29) is 6.04 Å². The van der Waals surface area contributed by atoms with E-state index in [2.05, 4.69) is 19.9 Å². The molecule has 0 bridgehead atoms. The fourth-order valence-electron chi connectivity index (χ4n) is 1.48. The standard InChI is InChI=1S/C12H18ClNO/c1-8(2)9-4-5-10(11(14)7-13)12(6-9)15-3/h4-6,8,11H,7,14H2,1-3H3. The monoisotopic (exact) mass is 227 g/mol. The van der Waals surface area contributed by atoms with Crippen molar-refractivity contribution in [2.75, 3.05) is 13.0 Å². The van der Waals surface area contributed by atoms with E-state index in [0.717, 1.165) is 11.3 Å². The van der Waals surface area contributed by atoms with Gasteiger partial charge in [-0.25, -0.2) is 0 Å². The molecule has 3 heteroatoms. The smallest absolute Gasteiger partial charge is 0.123 e. The molecular weight excluding hydrogens is 210 g/mol. The molecule has 0 aliphatic rings. The Morgan fingerprint density at radius 3 is 2.53 bits per heavy atom. The second-order valence-electron chi connectivity index (χ2n) is 3.92. The molecule has 84 valence electrons. The molecular formula is C12H18ClNO. The summed E-state index contributed by atoms with van der Waals surface area (Å²) in [5.74, 6) is 1.71. The van der Waals surface area contributed by atoms with Crippen molar-refractivity contribution in [2.45, 2.75) is 25.8 Å². The Hall–Kier alpha value is -0.730. The molecule has 0 aliphatic carbocycles. The van der Waals surface area contributed by atoms with E-state index in [9.17, 15) is 0 Å². The zero-order valence-electron chi connectivity index (χ0n) is 9.46. The normalized spacial score (nSPS) is 12.9. The first-order chi connectivity index (χ1) is 7.10. The average molecular weight is 228 g/mol. The van der Waals surface area contributed by atoms with Gasteiger partial charge in [0.2, 0.25) is 0 Å². The largest absolute Gasteiger partial charge is 0.496 e. The van der Waals surface area contributed by atoms with Gasteiger partial charge in [0.15, 0.2) is 0 Å². The van der Waals surface area contributed by atoms with Crippen LogP contribution in [0.15, 0.2) is 18.2 Å². The number of halogens is 1. The maximum atomic E-state index is 5.88. The Balaban J connectivity index is 3.09. The van der Waals surface area contributed by atoms with Gasteiger partial charge in [-0.15, -0.1) is 11.6 Å². The quantitative estimate of drug-likeness (QED) is 0.803. The zero-order chi connectivity index (χ0) is 11.4. The number of ether oxygens (including phenoxy) is 1. The molecule has 2 N–H and O–H groups in total. The van der Waals surface area contributed by atoms with Crippen LogP contribution in [0.3, 0.4) is 0 Å². The molecule has 1 rings (SSSR count). The van der Waals surface area contributed by atoms with Crippen molar-refractivity contribution in [3.8, 4) is 5.75 Å². The summed E-state index contributed by atoms with van der Waals surface area (Å²) in [5.41, 5.74) is 8.10. The van der Waals surface area contributed by atoms with Gasteiger partial charge in [0.1, 0.15) is 5.75 Å². The lowest BCUT2D eigenvalue weighted by Crippen LogP contribution is -2.13. The molecule has 2 nitrogen and oxygen atoms in total. The third-order valence-corrected chi connectivity index (χ3v) is 2.82. The summed E-state index contributed by atoms with van der Waals surface area (Å²) in [6, 6.07) is 5.95. The van der Waals surface area contributed by atoms with E-state index in [1.54, 1.807) is 7.11 Å². The SMILES string of the molecule is COc1cc(C(C)C)ccc1C(N)CCl. The first-order valence-corrected chi connectivity index (χ1v) is 5.63. The van der Waals surface area contributed by atoms with Gasteiger partial charge in [-0.05, 0) is 17.5 Å². The molecule has 0 aliphatic heterocycles. The van der Waals surface area contributed by atoms with Crippen LogP contribution in [-0.2, 0) is 0 Å². The molecule has 0 spiro atoms. The molecule has 0 radical (unpaired) electrons. The molecule has 15 heavy (non-hydrogen) atoms. The fourth-order valence-corrected chi connectivity index (χ4v) is 1.64.